The largest absolute Gasteiger partial charge is 0.375 e. The molecule has 14 heavy (non-hydrogen) atoms. The lowest BCUT2D eigenvalue weighted by Crippen LogP contribution is -1.86. The molecule has 2 heterocycles. The van der Waals surface area contributed by atoms with Crippen LogP contribution in [0.5, 0.6) is 0 Å². The summed E-state index contributed by atoms with van der Waals surface area (Å²) < 4.78 is 5.04. The monoisotopic (exact) mass is 210 g/mol. The maximum Gasteiger partial charge on any atom is 0.277 e. The Morgan fingerprint density at radius 3 is 3.00 bits per heavy atom. The number of anilines is 1. The van der Waals surface area contributed by atoms with Crippen LogP contribution in [0.2, 0.25) is 0 Å². The summed E-state index contributed by atoms with van der Waals surface area (Å²) in [5, 5.41) is 6.14. The molecule has 74 valence electrons. The third-order valence-electron chi connectivity index (χ3n) is 1.68. The second kappa shape index (κ2) is 3.75. The molecular weight excluding hydrogens is 200 g/mol. The van der Waals surface area contributed by atoms with Crippen molar-refractivity contribution in [2.75, 3.05) is 5.73 Å². The number of nitrogens with zero attached hydrogens (tertiary/aromatic N) is 3. The van der Waals surface area contributed by atoms with Crippen molar-refractivity contribution >= 4 is 16.5 Å². The lowest BCUT2D eigenvalue weighted by Gasteiger charge is -1.83. The van der Waals surface area contributed by atoms with Crippen LogP contribution in [0.15, 0.2) is 9.90 Å². The highest BCUT2D eigenvalue weighted by Crippen LogP contribution is 2.21. The Kier molecular flexibility index (Phi) is 2.45. The van der Waals surface area contributed by atoms with Crippen molar-refractivity contribution in [2.24, 2.45) is 0 Å². The van der Waals surface area contributed by atoms with E-state index in [9.17, 15) is 0 Å². The van der Waals surface area contributed by atoms with Gasteiger partial charge in [-0.15, -0.1) is 11.3 Å². The first-order valence-corrected chi connectivity index (χ1v) is 5.21. The number of rotatable bonds is 3. The standard InChI is InChI=1S/C8H10N4OS/c1-2-3-6-11-7(13-12-6)5-4-14-8(9)10-5/h4H,2-3H2,1H3,(H2,9,10). The van der Waals surface area contributed by atoms with Crippen LogP contribution in [0.4, 0.5) is 5.13 Å². The van der Waals surface area contributed by atoms with Crippen LogP contribution < -0.4 is 5.73 Å². The van der Waals surface area contributed by atoms with E-state index in [2.05, 4.69) is 22.0 Å². The normalized spacial score (nSPS) is 10.6. The van der Waals surface area contributed by atoms with E-state index in [4.69, 9.17) is 10.3 Å². The first-order valence-electron chi connectivity index (χ1n) is 4.33. The maximum absolute atomic E-state index is 5.50. The van der Waals surface area contributed by atoms with Crippen molar-refractivity contribution in [2.45, 2.75) is 19.8 Å². The molecule has 0 saturated heterocycles. The van der Waals surface area contributed by atoms with Crippen LogP contribution in [0.3, 0.4) is 0 Å². The first kappa shape index (κ1) is 9.14. The minimum Gasteiger partial charge on any atom is -0.375 e. The molecule has 0 unspecified atom stereocenters. The topological polar surface area (TPSA) is 77.8 Å². The Hall–Kier alpha value is -1.43. The van der Waals surface area contributed by atoms with E-state index in [1.54, 1.807) is 5.38 Å². The van der Waals surface area contributed by atoms with Gasteiger partial charge in [0.15, 0.2) is 11.0 Å². The quantitative estimate of drug-likeness (QED) is 0.834. The highest BCUT2D eigenvalue weighted by atomic mass is 32.1. The van der Waals surface area contributed by atoms with Crippen LogP contribution in [-0.4, -0.2) is 15.1 Å². The maximum atomic E-state index is 5.50. The molecular formula is C8H10N4OS. The third kappa shape index (κ3) is 1.74. The van der Waals surface area contributed by atoms with Gasteiger partial charge in [-0.2, -0.15) is 4.98 Å². The second-order valence-corrected chi connectivity index (χ2v) is 3.73. The van der Waals surface area contributed by atoms with Crippen molar-refractivity contribution in [3.63, 3.8) is 0 Å². The van der Waals surface area contributed by atoms with E-state index in [1.165, 1.54) is 11.3 Å². The van der Waals surface area contributed by atoms with E-state index in [0.29, 0.717) is 22.5 Å². The summed E-state index contributed by atoms with van der Waals surface area (Å²) in [6, 6.07) is 0. The van der Waals surface area contributed by atoms with Gasteiger partial charge in [0.05, 0.1) is 0 Å². The number of aromatic nitrogens is 3. The molecule has 2 aromatic heterocycles. The van der Waals surface area contributed by atoms with Crippen molar-refractivity contribution < 1.29 is 4.52 Å². The summed E-state index contributed by atoms with van der Waals surface area (Å²) in [4.78, 5) is 8.25. The molecule has 0 amide bonds. The van der Waals surface area contributed by atoms with E-state index in [-0.39, 0.29) is 0 Å². The molecule has 6 heteroatoms. The number of aryl methyl sites for hydroxylation is 1. The molecule has 0 aliphatic heterocycles. The summed E-state index contributed by atoms with van der Waals surface area (Å²) in [7, 11) is 0. The highest BCUT2D eigenvalue weighted by Gasteiger charge is 2.10. The van der Waals surface area contributed by atoms with Crippen molar-refractivity contribution in [1.29, 1.82) is 0 Å². The molecule has 0 spiro atoms. The fraction of sp³-hybridized carbons (Fsp3) is 0.375. The third-order valence-corrected chi connectivity index (χ3v) is 2.36. The van der Waals surface area contributed by atoms with Gasteiger partial charge in [0.1, 0.15) is 5.69 Å². The van der Waals surface area contributed by atoms with Crippen molar-refractivity contribution in [1.82, 2.24) is 15.1 Å². The molecule has 2 N–H and O–H groups in total. The zero-order valence-corrected chi connectivity index (χ0v) is 8.54. The van der Waals surface area contributed by atoms with Crippen LogP contribution in [0.25, 0.3) is 11.6 Å². The van der Waals surface area contributed by atoms with Gasteiger partial charge in [-0.3, -0.25) is 0 Å². The fourth-order valence-corrected chi connectivity index (χ4v) is 1.61. The zero-order chi connectivity index (χ0) is 9.97. The minimum atomic E-state index is 0.446. The fourth-order valence-electron chi connectivity index (χ4n) is 1.07. The van der Waals surface area contributed by atoms with Crippen LogP contribution in [-0.2, 0) is 6.42 Å². The lowest BCUT2D eigenvalue weighted by atomic mass is 10.3. The Bertz CT molecular complexity index is 422. The molecule has 0 radical (unpaired) electrons. The van der Waals surface area contributed by atoms with E-state index >= 15 is 0 Å². The van der Waals surface area contributed by atoms with E-state index in [0.717, 1.165) is 12.8 Å². The summed E-state index contributed by atoms with van der Waals surface area (Å²) in [6.07, 6.45) is 1.82. The predicted octanol–water partition coefficient (Wildman–Crippen LogP) is 1.73. The van der Waals surface area contributed by atoms with Crippen LogP contribution in [0.1, 0.15) is 19.2 Å². The van der Waals surface area contributed by atoms with E-state index in [1.807, 2.05) is 0 Å². The van der Waals surface area contributed by atoms with Gasteiger partial charge < -0.3 is 10.3 Å². The summed E-state index contributed by atoms with van der Waals surface area (Å²) >= 11 is 1.36. The van der Waals surface area contributed by atoms with Crippen molar-refractivity contribution in [3.8, 4) is 11.6 Å². The predicted molar refractivity (Wildman–Crippen MR) is 53.8 cm³/mol. The van der Waals surface area contributed by atoms with Gasteiger partial charge in [0, 0.05) is 11.8 Å². The van der Waals surface area contributed by atoms with Crippen molar-refractivity contribution in [3.05, 3.63) is 11.2 Å². The Morgan fingerprint density at radius 1 is 1.50 bits per heavy atom. The van der Waals surface area contributed by atoms with Crippen LogP contribution >= 0.6 is 11.3 Å². The van der Waals surface area contributed by atoms with Gasteiger partial charge in [0.2, 0.25) is 0 Å². The molecule has 0 aliphatic rings. The Balaban J connectivity index is 2.24. The molecule has 0 bridgehead atoms. The smallest absolute Gasteiger partial charge is 0.277 e. The molecule has 0 aromatic carbocycles. The number of hydrogen-bond donors (Lipinski definition) is 1. The molecule has 0 atom stereocenters. The average Bonchev–Trinajstić information content (AvgIpc) is 2.74. The summed E-state index contributed by atoms with van der Waals surface area (Å²) in [5.74, 6) is 1.16. The van der Waals surface area contributed by atoms with Gasteiger partial charge in [0.25, 0.3) is 5.89 Å². The SMILES string of the molecule is CCCc1noc(-c2csc(N)n2)n1. The molecule has 2 rings (SSSR count). The first-order chi connectivity index (χ1) is 6.79. The second-order valence-electron chi connectivity index (χ2n) is 2.84. The average molecular weight is 210 g/mol. The van der Waals surface area contributed by atoms with E-state index < -0.39 is 0 Å². The number of thiazole rings is 1. The molecule has 0 fully saturated rings. The Labute approximate surface area is 85.0 Å². The summed E-state index contributed by atoms with van der Waals surface area (Å²) in [5.41, 5.74) is 6.15. The zero-order valence-electron chi connectivity index (χ0n) is 7.73. The molecule has 2 aromatic rings. The molecule has 0 saturated carbocycles. The number of nitrogen functional groups attached to an aromatic ring is 1. The van der Waals surface area contributed by atoms with Gasteiger partial charge in [-0.25, -0.2) is 4.98 Å². The molecule has 0 aliphatic carbocycles. The Morgan fingerprint density at radius 2 is 2.36 bits per heavy atom. The van der Waals surface area contributed by atoms with Gasteiger partial charge in [-0.1, -0.05) is 12.1 Å². The number of nitrogens with two attached hydrogens (primary N) is 1. The van der Waals surface area contributed by atoms with Gasteiger partial charge in [-0.05, 0) is 6.42 Å². The van der Waals surface area contributed by atoms with Gasteiger partial charge >= 0.3 is 0 Å². The molecule has 5 nitrogen and oxygen atoms in total. The highest BCUT2D eigenvalue weighted by molar-refractivity contribution is 7.13. The number of hydrogen-bond acceptors (Lipinski definition) is 6. The van der Waals surface area contributed by atoms with Crippen LogP contribution in [0, 0.1) is 0 Å². The lowest BCUT2D eigenvalue weighted by molar-refractivity contribution is 0.421. The summed E-state index contributed by atoms with van der Waals surface area (Å²) in [6.45, 7) is 2.07. The minimum absolute atomic E-state index is 0.446.